The Morgan fingerprint density at radius 2 is 1.88 bits per heavy atom. The summed E-state index contributed by atoms with van der Waals surface area (Å²) in [6.45, 7) is 3.21. The van der Waals surface area contributed by atoms with Crippen LogP contribution >= 0.6 is 15.9 Å². The molecular weight excluding hydrogens is 370 g/mol. The average Bonchev–Trinajstić information content (AvgIpc) is 2.77. The van der Waals surface area contributed by atoms with Crippen molar-refractivity contribution in [3.05, 3.63) is 34.3 Å². The van der Waals surface area contributed by atoms with Gasteiger partial charge in [0, 0.05) is 11.0 Å². The fourth-order valence-corrected chi connectivity index (χ4v) is 3.86. The van der Waals surface area contributed by atoms with Crippen LogP contribution in [0, 0.1) is 5.92 Å². The highest BCUT2D eigenvalue weighted by Gasteiger charge is 2.52. The van der Waals surface area contributed by atoms with E-state index in [4.69, 9.17) is 0 Å². The number of carbonyl (C=O) groups is 2. The molecular formula is C18H24BrN3O2. The molecule has 3 amide bonds. The molecule has 2 fully saturated rings. The molecule has 0 aromatic heterocycles. The maximum absolute atomic E-state index is 12.8. The second kappa shape index (κ2) is 6.84. The minimum absolute atomic E-state index is 0.0537. The summed E-state index contributed by atoms with van der Waals surface area (Å²) < 4.78 is 1.04. The van der Waals surface area contributed by atoms with Crippen molar-refractivity contribution in [1.29, 1.82) is 0 Å². The summed E-state index contributed by atoms with van der Waals surface area (Å²) in [6, 6.07) is 7.81. The quantitative estimate of drug-likeness (QED) is 0.797. The van der Waals surface area contributed by atoms with Gasteiger partial charge in [-0.05, 0) is 56.3 Å². The number of hydrogen-bond donors (Lipinski definition) is 1. The van der Waals surface area contributed by atoms with Crippen molar-refractivity contribution in [2.24, 2.45) is 5.92 Å². The van der Waals surface area contributed by atoms with Gasteiger partial charge in [-0.15, -0.1) is 0 Å². The largest absolute Gasteiger partial charge is 0.326 e. The second-order valence-electron chi connectivity index (χ2n) is 7.21. The van der Waals surface area contributed by atoms with Gasteiger partial charge in [0.15, 0.2) is 0 Å². The predicted octanol–water partition coefficient (Wildman–Crippen LogP) is 3.34. The monoisotopic (exact) mass is 393 g/mol. The zero-order valence-electron chi connectivity index (χ0n) is 14.2. The molecule has 6 heteroatoms. The van der Waals surface area contributed by atoms with Crippen molar-refractivity contribution in [3.63, 3.8) is 0 Å². The zero-order valence-corrected chi connectivity index (χ0v) is 15.8. The molecule has 1 aliphatic heterocycles. The maximum atomic E-state index is 12.8. The first-order chi connectivity index (χ1) is 11.4. The molecule has 0 unspecified atom stereocenters. The highest BCUT2D eigenvalue weighted by atomic mass is 79.9. The van der Waals surface area contributed by atoms with E-state index in [2.05, 4.69) is 28.2 Å². The molecule has 130 valence electrons. The normalized spacial score (nSPS) is 27.2. The van der Waals surface area contributed by atoms with Gasteiger partial charge in [0.05, 0.1) is 6.67 Å². The van der Waals surface area contributed by atoms with Crippen LogP contribution < -0.4 is 5.32 Å². The fourth-order valence-electron chi connectivity index (χ4n) is 3.59. The van der Waals surface area contributed by atoms with Crippen LogP contribution in [0.15, 0.2) is 28.7 Å². The van der Waals surface area contributed by atoms with Crippen LogP contribution in [-0.4, -0.2) is 41.0 Å². The number of amides is 3. The average molecular weight is 394 g/mol. The number of halogens is 1. The Morgan fingerprint density at radius 1 is 1.25 bits per heavy atom. The number of hydrogen-bond acceptors (Lipinski definition) is 3. The third kappa shape index (κ3) is 3.49. The minimum atomic E-state index is -0.651. The van der Waals surface area contributed by atoms with E-state index in [0.717, 1.165) is 35.7 Å². The molecule has 1 spiro atoms. The van der Waals surface area contributed by atoms with E-state index >= 15 is 0 Å². The Morgan fingerprint density at radius 3 is 2.50 bits per heavy atom. The lowest BCUT2D eigenvalue weighted by atomic mass is 9.77. The number of rotatable bonds is 4. The van der Waals surface area contributed by atoms with Crippen LogP contribution in [0.25, 0.3) is 0 Å². The molecule has 5 nitrogen and oxygen atoms in total. The topological polar surface area (TPSA) is 52.7 Å². The van der Waals surface area contributed by atoms with Gasteiger partial charge in [0.2, 0.25) is 0 Å². The Balaban J connectivity index is 1.63. The van der Waals surface area contributed by atoms with Crippen molar-refractivity contribution in [1.82, 2.24) is 15.1 Å². The van der Waals surface area contributed by atoms with Crippen molar-refractivity contribution in [2.45, 2.75) is 44.7 Å². The van der Waals surface area contributed by atoms with Gasteiger partial charge >= 0.3 is 6.03 Å². The summed E-state index contributed by atoms with van der Waals surface area (Å²) in [5, 5.41) is 2.97. The minimum Gasteiger partial charge on any atom is -0.323 e. The molecule has 0 atom stereocenters. The van der Waals surface area contributed by atoms with Crippen molar-refractivity contribution < 1.29 is 9.59 Å². The molecule has 2 aliphatic rings. The van der Waals surface area contributed by atoms with E-state index in [0.29, 0.717) is 19.1 Å². The van der Waals surface area contributed by atoms with Gasteiger partial charge < -0.3 is 5.32 Å². The first-order valence-electron chi connectivity index (χ1n) is 8.47. The molecule has 1 heterocycles. The fraction of sp³-hybridized carbons (Fsp3) is 0.556. The summed E-state index contributed by atoms with van der Waals surface area (Å²) >= 11 is 3.42. The molecule has 1 aromatic carbocycles. The van der Waals surface area contributed by atoms with Crippen LogP contribution in [0.4, 0.5) is 4.79 Å². The van der Waals surface area contributed by atoms with Crippen molar-refractivity contribution >= 4 is 27.9 Å². The van der Waals surface area contributed by atoms with E-state index in [9.17, 15) is 9.59 Å². The second-order valence-corrected chi connectivity index (χ2v) is 8.13. The molecule has 1 aromatic rings. The van der Waals surface area contributed by atoms with Gasteiger partial charge in [-0.1, -0.05) is 35.0 Å². The SMILES string of the molecule is CC1CCC2(CC1)NC(=O)N(CN(C)Cc1ccc(Br)cc1)C2=O. The van der Waals surface area contributed by atoms with E-state index in [1.807, 2.05) is 36.2 Å². The molecule has 1 aliphatic carbocycles. The molecule has 0 radical (unpaired) electrons. The highest BCUT2D eigenvalue weighted by molar-refractivity contribution is 9.10. The lowest BCUT2D eigenvalue weighted by Crippen LogP contribution is -2.49. The van der Waals surface area contributed by atoms with Gasteiger partial charge in [0.25, 0.3) is 5.91 Å². The summed E-state index contributed by atoms with van der Waals surface area (Å²) in [5.41, 5.74) is 0.496. The lowest BCUT2D eigenvalue weighted by molar-refractivity contribution is -0.134. The number of nitrogens with zero attached hydrogens (tertiary/aromatic N) is 2. The summed E-state index contributed by atoms with van der Waals surface area (Å²) in [5.74, 6) is 0.580. The van der Waals surface area contributed by atoms with E-state index in [1.54, 1.807) is 0 Å². The number of benzene rings is 1. The highest BCUT2D eigenvalue weighted by Crippen LogP contribution is 2.36. The van der Waals surface area contributed by atoms with Crippen molar-refractivity contribution in [2.75, 3.05) is 13.7 Å². The summed E-state index contributed by atoms with van der Waals surface area (Å²) in [6.07, 6.45) is 3.50. The molecule has 1 saturated heterocycles. The van der Waals surface area contributed by atoms with E-state index < -0.39 is 5.54 Å². The summed E-state index contributed by atoms with van der Waals surface area (Å²) in [4.78, 5) is 28.5. The molecule has 1 N–H and O–H groups in total. The van der Waals surface area contributed by atoms with E-state index in [1.165, 1.54) is 4.90 Å². The van der Waals surface area contributed by atoms with Gasteiger partial charge in [-0.2, -0.15) is 0 Å². The Bertz CT molecular complexity index is 624. The van der Waals surface area contributed by atoms with Crippen LogP contribution in [0.2, 0.25) is 0 Å². The standard InChI is InChI=1S/C18H24BrN3O2/c1-13-7-9-18(10-8-13)16(23)22(17(24)20-18)12-21(2)11-14-3-5-15(19)6-4-14/h3-6,13H,7-12H2,1-2H3,(H,20,24). The Hall–Kier alpha value is -1.40. The van der Waals surface area contributed by atoms with Crippen LogP contribution in [0.5, 0.6) is 0 Å². The molecule has 1 saturated carbocycles. The van der Waals surface area contributed by atoms with Crippen molar-refractivity contribution in [3.8, 4) is 0 Å². The number of carbonyl (C=O) groups excluding carboxylic acids is 2. The molecule has 3 rings (SSSR count). The van der Waals surface area contributed by atoms with Crippen LogP contribution in [0.3, 0.4) is 0 Å². The molecule has 24 heavy (non-hydrogen) atoms. The Labute approximate surface area is 151 Å². The molecule has 0 bridgehead atoms. The maximum Gasteiger partial charge on any atom is 0.326 e. The van der Waals surface area contributed by atoms with E-state index in [-0.39, 0.29) is 11.9 Å². The third-order valence-electron chi connectivity index (χ3n) is 5.12. The van der Waals surface area contributed by atoms with Crippen LogP contribution in [-0.2, 0) is 11.3 Å². The number of urea groups is 1. The number of imide groups is 1. The summed E-state index contributed by atoms with van der Waals surface area (Å²) in [7, 11) is 1.93. The first-order valence-corrected chi connectivity index (χ1v) is 9.26. The van der Waals surface area contributed by atoms with Gasteiger partial charge in [0.1, 0.15) is 5.54 Å². The van der Waals surface area contributed by atoms with Gasteiger partial charge in [-0.25, -0.2) is 9.69 Å². The lowest BCUT2D eigenvalue weighted by Gasteiger charge is -2.33. The smallest absolute Gasteiger partial charge is 0.323 e. The zero-order chi connectivity index (χ0) is 17.3. The Kier molecular flexibility index (Phi) is 4.97. The number of nitrogens with one attached hydrogen (secondary N) is 1. The first kappa shape index (κ1) is 17.4. The third-order valence-corrected chi connectivity index (χ3v) is 5.65. The van der Waals surface area contributed by atoms with Crippen LogP contribution in [0.1, 0.15) is 38.2 Å². The predicted molar refractivity (Wildman–Crippen MR) is 96.2 cm³/mol. The van der Waals surface area contributed by atoms with Gasteiger partial charge in [-0.3, -0.25) is 9.69 Å².